The molecule has 1 saturated carbocycles. The molecule has 0 unspecified atom stereocenters. The minimum Gasteiger partial charge on any atom is -0.493 e. The molecule has 4 N–H and O–H groups in total. The Bertz CT molecular complexity index is 500. The lowest BCUT2D eigenvalue weighted by atomic mass is 9.92. The molecular weight excluding hydrogens is 242 g/mol. The largest absolute Gasteiger partial charge is 0.493 e. The van der Waals surface area contributed by atoms with Crippen molar-refractivity contribution in [2.45, 2.75) is 63.8 Å². The van der Waals surface area contributed by atoms with Crippen LogP contribution in [0.3, 0.4) is 0 Å². The summed E-state index contributed by atoms with van der Waals surface area (Å²) in [6.07, 6.45) is 5.44. The van der Waals surface area contributed by atoms with Crippen LogP contribution in [0.1, 0.15) is 69.7 Å². The van der Waals surface area contributed by atoms with Gasteiger partial charge in [-0.05, 0) is 31.6 Å². The first-order chi connectivity index (χ1) is 9.01. The highest BCUT2D eigenvalue weighted by Crippen LogP contribution is 2.36. The third-order valence-electron chi connectivity index (χ3n) is 4.43. The number of aromatic hydroxyl groups is 1. The maximum Gasteiger partial charge on any atom is 0.258 e. The van der Waals surface area contributed by atoms with E-state index in [1.165, 1.54) is 0 Å². The van der Waals surface area contributed by atoms with Gasteiger partial charge in [0.15, 0.2) is 0 Å². The van der Waals surface area contributed by atoms with Gasteiger partial charge in [0.2, 0.25) is 5.88 Å². The Morgan fingerprint density at radius 1 is 1.37 bits per heavy atom. The fourth-order valence-corrected chi connectivity index (χ4v) is 2.87. The smallest absolute Gasteiger partial charge is 0.258 e. The molecule has 0 radical (unpaired) electrons. The van der Waals surface area contributed by atoms with Gasteiger partial charge < -0.3 is 15.8 Å². The standard InChI is InChI=1S/C14H23N3O2/c1-3-14(15,4-2)13-16-11(18)10(12(19)17-13)9-7-5-6-8-9/h9H,3-8,15H2,1-2H3,(H2,16,17,18,19). The van der Waals surface area contributed by atoms with E-state index in [0.717, 1.165) is 25.7 Å². The Labute approximate surface area is 113 Å². The van der Waals surface area contributed by atoms with E-state index in [1.54, 1.807) is 0 Å². The van der Waals surface area contributed by atoms with E-state index in [4.69, 9.17) is 5.73 Å². The average Bonchev–Trinajstić information content (AvgIpc) is 2.90. The third-order valence-corrected chi connectivity index (χ3v) is 4.43. The Kier molecular flexibility index (Phi) is 3.94. The van der Waals surface area contributed by atoms with Crippen molar-refractivity contribution in [2.24, 2.45) is 5.73 Å². The van der Waals surface area contributed by atoms with Crippen molar-refractivity contribution < 1.29 is 5.11 Å². The summed E-state index contributed by atoms with van der Waals surface area (Å²) in [5.41, 5.74) is 5.75. The second kappa shape index (κ2) is 5.33. The molecule has 0 aromatic carbocycles. The van der Waals surface area contributed by atoms with Gasteiger partial charge >= 0.3 is 0 Å². The molecule has 1 fully saturated rings. The van der Waals surface area contributed by atoms with Gasteiger partial charge in [-0.25, -0.2) is 0 Å². The van der Waals surface area contributed by atoms with Crippen LogP contribution in [-0.2, 0) is 5.54 Å². The van der Waals surface area contributed by atoms with E-state index in [1.807, 2.05) is 13.8 Å². The number of aromatic nitrogens is 2. The van der Waals surface area contributed by atoms with Crippen molar-refractivity contribution in [1.29, 1.82) is 0 Å². The quantitative estimate of drug-likeness (QED) is 0.777. The molecule has 1 aromatic rings. The Morgan fingerprint density at radius 3 is 2.42 bits per heavy atom. The molecule has 0 amide bonds. The highest BCUT2D eigenvalue weighted by Gasteiger charge is 2.30. The van der Waals surface area contributed by atoms with Crippen molar-refractivity contribution >= 4 is 0 Å². The van der Waals surface area contributed by atoms with Crippen molar-refractivity contribution in [1.82, 2.24) is 9.97 Å². The number of nitrogens with two attached hydrogens (primary N) is 1. The SMILES string of the molecule is CCC(N)(CC)c1nc(O)c(C2CCCC2)c(=O)[nH]1. The van der Waals surface area contributed by atoms with E-state index in [0.29, 0.717) is 24.2 Å². The van der Waals surface area contributed by atoms with Crippen LogP contribution in [0.5, 0.6) is 5.88 Å². The molecule has 5 nitrogen and oxygen atoms in total. The van der Waals surface area contributed by atoms with Crippen LogP contribution < -0.4 is 11.3 Å². The summed E-state index contributed by atoms with van der Waals surface area (Å²) in [7, 11) is 0. The highest BCUT2D eigenvalue weighted by atomic mass is 16.3. The molecule has 1 aliphatic carbocycles. The molecule has 106 valence electrons. The minimum absolute atomic E-state index is 0.137. The Hall–Kier alpha value is -1.36. The monoisotopic (exact) mass is 265 g/mol. The minimum atomic E-state index is -0.676. The molecule has 0 saturated heterocycles. The van der Waals surface area contributed by atoms with E-state index in [9.17, 15) is 9.90 Å². The molecule has 0 aliphatic heterocycles. The topological polar surface area (TPSA) is 92.0 Å². The molecule has 1 aliphatic rings. The van der Waals surface area contributed by atoms with E-state index >= 15 is 0 Å². The lowest BCUT2D eigenvalue weighted by molar-refractivity contribution is 0.366. The summed E-state index contributed by atoms with van der Waals surface area (Å²) < 4.78 is 0. The Balaban J connectivity index is 2.44. The van der Waals surface area contributed by atoms with Crippen LogP contribution in [0, 0.1) is 0 Å². The van der Waals surface area contributed by atoms with Gasteiger partial charge in [-0.3, -0.25) is 4.79 Å². The normalized spacial score (nSPS) is 17.0. The van der Waals surface area contributed by atoms with Gasteiger partial charge in [0.25, 0.3) is 5.56 Å². The predicted octanol–water partition coefficient (Wildman–Crippen LogP) is 2.11. The van der Waals surface area contributed by atoms with E-state index < -0.39 is 5.54 Å². The summed E-state index contributed by atoms with van der Waals surface area (Å²) in [5.74, 6) is 0.393. The molecule has 19 heavy (non-hydrogen) atoms. The van der Waals surface area contributed by atoms with Gasteiger partial charge in [0, 0.05) is 0 Å². The fraction of sp³-hybridized carbons (Fsp3) is 0.714. The van der Waals surface area contributed by atoms with Gasteiger partial charge in [-0.1, -0.05) is 26.7 Å². The maximum atomic E-state index is 12.2. The van der Waals surface area contributed by atoms with Crippen LogP contribution in [-0.4, -0.2) is 15.1 Å². The van der Waals surface area contributed by atoms with Crippen LogP contribution in [0.2, 0.25) is 0 Å². The summed E-state index contributed by atoms with van der Waals surface area (Å²) in [5, 5.41) is 10.1. The van der Waals surface area contributed by atoms with Gasteiger partial charge in [0.05, 0.1) is 11.1 Å². The Morgan fingerprint density at radius 2 is 1.95 bits per heavy atom. The first kappa shape index (κ1) is 14.1. The number of hydrogen-bond donors (Lipinski definition) is 3. The number of nitrogens with one attached hydrogen (secondary N) is 1. The maximum absolute atomic E-state index is 12.2. The van der Waals surface area contributed by atoms with Crippen molar-refractivity contribution in [3.63, 3.8) is 0 Å². The lowest BCUT2D eigenvalue weighted by Gasteiger charge is -2.25. The van der Waals surface area contributed by atoms with Crippen LogP contribution in [0.4, 0.5) is 0 Å². The zero-order valence-electron chi connectivity index (χ0n) is 11.7. The van der Waals surface area contributed by atoms with Crippen molar-refractivity contribution in [3.8, 4) is 5.88 Å². The second-order valence-corrected chi connectivity index (χ2v) is 5.50. The number of nitrogens with zero attached hydrogens (tertiary/aromatic N) is 1. The molecule has 0 bridgehead atoms. The number of hydrogen-bond acceptors (Lipinski definition) is 4. The second-order valence-electron chi connectivity index (χ2n) is 5.50. The van der Waals surface area contributed by atoms with E-state index in [-0.39, 0.29) is 17.4 Å². The summed E-state index contributed by atoms with van der Waals surface area (Å²) in [6, 6.07) is 0. The van der Waals surface area contributed by atoms with Crippen LogP contribution in [0.25, 0.3) is 0 Å². The van der Waals surface area contributed by atoms with E-state index in [2.05, 4.69) is 9.97 Å². The van der Waals surface area contributed by atoms with Crippen LogP contribution >= 0.6 is 0 Å². The molecule has 5 heteroatoms. The zero-order chi connectivity index (χ0) is 14.0. The molecule has 0 spiro atoms. The zero-order valence-corrected chi connectivity index (χ0v) is 11.7. The lowest BCUT2D eigenvalue weighted by Crippen LogP contribution is -2.39. The fourth-order valence-electron chi connectivity index (χ4n) is 2.87. The highest BCUT2D eigenvalue weighted by molar-refractivity contribution is 5.28. The molecular formula is C14H23N3O2. The summed E-state index contributed by atoms with van der Waals surface area (Å²) in [4.78, 5) is 19.2. The van der Waals surface area contributed by atoms with Crippen LogP contribution in [0.15, 0.2) is 4.79 Å². The van der Waals surface area contributed by atoms with Gasteiger partial charge in [-0.15, -0.1) is 0 Å². The summed E-state index contributed by atoms with van der Waals surface area (Å²) >= 11 is 0. The predicted molar refractivity (Wildman–Crippen MR) is 74.2 cm³/mol. The van der Waals surface area contributed by atoms with Crippen molar-refractivity contribution in [3.05, 3.63) is 21.7 Å². The van der Waals surface area contributed by atoms with Crippen molar-refractivity contribution in [2.75, 3.05) is 0 Å². The number of aromatic amines is 1. The first-order valence-corrected chi connectivity index (χ1v) is 7.14. The van der Waals surface area contributed by atoms with Gasteiger partial charge in [-0.2, -0.15) is 4.98 Å². The first-order valence-electron chi connectivity index (χ1n) is 7.14. The molecule has 1 heterocycles. The molecule has 2 rings (SSSR count). The molecule has 1 aromatic heterocycles. The molecule has 0 atom stereocenters. The summed E-state index contributed by atoms with van der Waals surface area (Å²) in [6.45, 7) is 3.90. The average molecular weight is 265 g/mol. The van der Waals surface area contributed by atoms with Gasteiger partial charge in [0.1, 0.15) is 5.82 Å². The number of H-pyrrole nitrogens is 1. The third kappa shape index (κ3) is 2.52. The number of rotatable bonds is 4.